The topological polar surface area (TPSA) is 45.7 Å². The summed E-state index contributed by atoms with van der Waals surface area (Å²) in [6, 6.07) is 65.9. The number of pyridine rings is 1. The van der Waals surface area contributed by atoms with Crippen LogP contribution >= 0.6 is 0 Å². The first-order chi connectivity index (χ1) is 32.1. The van der Waals surface area contributed by atoms with Gasteiger partial charge in [-0.2, -0.15) is 0 Å². The molecular formula is C58H40N6O. The van der Waals surface area contributed by atoms with Crippen LogP contribution in [0.1, 0.15) is 0 Å². The molecule has 0 N–H and O–H groups in total. The number of imidazole rings is 1. The van der Waals surface area contributed by atoms with E-state index in [1.165, 1.54) is 49.0 Å². The molecule has 0 atom stereocenters. The molecule has 0 aliphatic carbocycles. The van der Waals surface area contributed by atoms with Gasteiger partial charge in [0.15, 0.2) is 0 Å². The Morgan fingerprint density at radius 3 is 1.80 bits per heavy atom. The molecule has 0 saturated carbocycles. The van der Waals surface area contributed by atoms with Gasteiger partial charge in [0, 0.05) is 82.1 Å². The predicted octanol–water partition coefficient (Wildman–Crippen LogP) is 13.5. The predicted molar refractivity (Wildman–Crippen MR) is 264 cm³/mol. The SMILES string of the molecule is Cn1c2ccccc2c2c3c4ccc(Oc5cccc(-[n+]6[c-]n(-c7c(-c8ccccc8)cccc7-c7ccccc7)cc6)c5)cc4n(-c4ccccn4)c3c3c(c4ccccc4n3C)c21. The molecule has 0 bridgehead atoms. The van der Waals surface area contributed by atoms with Gasteiger partial charge in [-0.15, -0.1) is 0 Å². The van der Waals surface area contributed by atoms with Crippen LogP contribution < -0.4 is 9.30 Å². The van der Waals surface area contributed by atoms with Crippen molar-refractivity contribution >= 4 is 65.4 Å². The van der Waals surface area contributed by atoms with Crippen molar-refractivity contribution < 1.29 is 9.30 Å². The maximum Gasteiger partial charge on any atom is 0.268 e. The summed E-state index contributed by atoms with van der Waals surface area (Å²) in [5.41, 5.74) is 13.5. The van der Waals surface area contributed by atoms with Crippen molar-refractivity contribution in [3.63, 3.8) is 0 Å². The van der Waals surface area contributed by atoms with Crippen molar-refractivity contribution in [2.45, 2.75) is 0 Å². The summed E-state index contributed by atoms with van der Waals surface area (Å²) in [6.07, 6.45) is 9.64. The van der Waals surface area contributed by atoms with Crippen LogP contribution in [0.4, 0.5) is 0 Å². The van der Waals surface area contributed by atoms with E-state index in [2.05, 4.69) is 221 Å². The number of nitrogens with zero attached hydrogens (tertiary/aromatic N) is 6. The van der Waals surface area contributed by atoms with Crippen molar-refractivity contribution in [3.05, 3.63) is 213 Å². The molecule has 13 rings (SSSR count). The van der Waals surface area contributed by atoms with E-state index in [0.717, 1.165) is 67.4 Å². The fraction of sp³-hybridized carbons (Fsp3) is 0.0345. The van der Waals surface area contributed by atoms with E-state index in [9.17, 15) is 0 Å². The lowest BCUT2D eigenvalue weighted by Crippen LogP contribution is -2.28. The fourth-order valence-corrected chi connectivity index (χ4v) is 10.3. The van der Waals surface area contributed by atoms with Crippen LogP contribution in [0.5, 0.6) is 11.5 Å². The lowest BCUT2D eigenvalue weighted by Gasteiger charge is -2.16. The Labute approximate surface area is 374 Å². The van der Waals surface area contributed by atoms with E-state index in [4.69, 9.17) is 9.72 Å². The van der Waals surface area contributed by atoms with Gasteiger partial charge in [-0.25, -0.2) is 4.98 Å². The van der Waals surface area contributed by atoms with E-state index < -0.39 is 0 Å². The summed E-state index contributed by atoms with van der Waals surface area (Å²) < 4.78 is 18.0. The molecule has 0 amide bonds. The minimum Gasteiger partial charge on any atom is -0.458 e. The van der Waals surface area contributed by atoms with E-state index in [1.54, 1.807) is 0 Å². The first kappa shape index (κ1) is 36.9. The van der Waals surface area contributed by atoms with Crippen molar-refractivity contribution in [2.75, 3.05) is 0 Å². The van der Waals surface area contributed by atoms with Gasteiger partial charge in [0.25, 0.3) is 6.33 Å². The van der Waals surface area contributed by atoms with Gasteiger partial charge in [0.1, 0.15) is 17.3 Å². The lowest BCUT2D eigenvalue weighted by molar-refractivity contribution is -0.599. The number of ether oxygens (including phenoxy) is 1. The highest BCUT2D eigenvalue weighted by Crippen LogP contribution is 2.48. The Balaban J connectivity index is 0.971. The minimum absolute atomic E-state index is 0.721. The average Bonchev–Trinajstić information content (AvgIpc) is 4.13. The van der Waals surface area contributed by atoms with Crippen LogP contribution in [-0.2, 0) is 14.1 Å². The van der Waals surface area contributed by atoms with Crippen LogP contribution in [0.25, 0.3) is 105 Å². The first-order valence-corrected chi connectivity index (χ1v) is 21.9. The second-order valence-electron chi connectivity index (χ2n) is 16.7. The Morgan fingerprint density at radius 1 is 0.492 bits per heavy atom. The molecule has 65 heavy (non-hydrogen) atoms. The summed E-state index contributed by atoms with van der Waals surface area (Å²) in [5.74, 6) is 2.30. The van der Waals surface area contributed by atoms with Crippen molar-refractivity contribution in [3.8, 4) is 50.9 Å². The zero-order valence-corrected chi connectivity index (χ0v) is 35.7. The molecule has 308 valence electrons. The molecule has 7 heteroatoms. The Morgan fingerprint density at radius 2 is 1.09 bits per heavy atom. The number of aryl methyl sites for hydroxylation is 2. The Bertz CT molecular complexity index is 3930. The number of hydrogen-bond donors (Lipinski definition) is 0. The largest absolute Gasteiger partial charge is 0.458 e. The molecule has 0 saturated heterocycles. The third-order valence-corrected chi connectivity index (χ3v) is 13.1. The summed E-state index contributed by atoms with van der Waals surface area (Å²) in [5, 5.41) is 7.27. The van der Waals surface area contributed by atoms with Crippen LogP contribution in [-0.4, -0.2) is 23.3 Å². The van der Waals surface area contributed by atoms with E-state index >= 15 is 0 Å². The van der Waals surface area contributed by atoms with Gasteiger partial charge in [0.2, 0.25) is 0 Å². The standard InChI is InChI=1S/C58H40N6O/c1-60-48-27-11-9-23-45(48)52-53-47-31-30-42(36-50(47)64(51-29-13-14-32-59-51)58(53)57-54(56(52)60)46-24-10-12-28-49(46)61(57)2)65-41-22-15-21-40(35-41)62-33-34-63(37-62)55-43(38-17-5-3-6-18-38)25-16-26-44(55)39-19-7-4-8-20-39/h3-36H,1-2H3. The van der Waals surface area contributed by atoms with Crippen molar-refractivity contribution in [2.24, 2.45) is 14.1 Å². The number of rotatable bonds is 7. The monoisotopic (exact) mass is 836 g/mol. The summed E-state index contributed by atoms with van der Waals surface area (Å²) >= 11 is 0. The van der Waals surface area contributed by atoms with Crippen molar-refractivity contribution in [1.29, 1.82) is 0 Å². The first-order valence-electron chi connectivity index (χ1n) is 21.9. The molecule has 7 nitrogen and oxygen atoms in total. The van der Waals surface area contributed by atoms with E-state index in [1.807, 2.05) is 29.0 Å². The molecule has 0 spiro atoms. The molecule has 0 unspecified atom stereocenters. The lowest BCUT2D eigenvalue weighted by atomic mass is 9.96. The summed E-state index contributed by atoms with van der Waals surface area (Å²) in [4.78, 5) is 4.99. The summed E-state index contributed by atoms with van der Waals surface area (Å²) in [6.45, 7) is 0. The summed E-state index contributed by atoms with van der Waals surface area (Å²) in [7, 11) is 4.39. The highest BCUT2D eigenvalue weighted by atomic mass is 16.5. The normalized spacial score (nSPS) is 11.8. The third kappa shape index (κ3) is 5.62. The molecule has 5 heterocycles. The van der Waals surface area contributed by atoms with Gasteiger partial charge in [-0.1, -0.05) is 127 Å². The second-order valence-corrected chi connectivity index (χ2v) is 16.7. The Kier molecular flexibility index (Phi) is 8.20. The number of benzene rings is 8. The third-order valence-electron chi connectivity index (χ3n) is 13.1. The number of para-hydroxylation sites is 3. The smallest absolute Gasteiger partial charge is 0.268 e. The maximum absolute atomic E-state index is 6.82. The quantitative estimate of drug-likeness (QED) is 0.119. The Hall–Kier alpha value is -8.68. The van der Waals surface area contributed by atoms with Crippen LogP contribution in [0.15, 0.2) is 207 Å². The van der Waals surface area contributed by atoms with E-state index in [-0.39, 0.29) is 0 Å². The maximum atomic E-state index is 6.82. The van der Waals surface area contributed by atoms with Gasteiger partial charge in [-0.05, 0) is 76.9 Å². The number of fused-ring (bicyclic) bond motifs is 12. The second kappa shape index (κ2) is 14.4. The molecule has 8 aromatic carbocycles. The van der Waals surface area contributed by atoms with Crippen molar-refractivity contribution in [1.82, 2.24) is 23.3 Å². The highest BCUT2D eigenvalue weighted by molar-refractivity contribution is 6.40. The molecule has 0 aliphatic rings. The van der Waals surface area contributed by atoms with Gasteiger partial charge in [-0.3, -0.25) is 13.7 Å². The molecular weight excluding hydrogens is 797 g/mol. The van der Waals surface area contributed by atoms with Crippen LogP contribution in [0.3, 0.4) is 0 Å². The molecule has 13 aromatic rings. The van der Waals surface area contributed by atoms with E-state index in [0.29, 0.717) is 0 Å². The number of aromatic nitrogens is 6. The molecule has 0 fully saturated rings. The zero-order valence-electron chi connectivity index (χ0n) is 35.7. The number of hydrogen-bond acceptors (Lipinski definition) is 2. The zero-order chi connectivity index (χ0) is 43.2. The molecule has 0 aliphatic heterocycles. The van der Waals surface area contributed by atoms with Gasteiger partial charge in [0.05, 0.1) is 33.4 Å². The molecule has 0 radical (unpaired) electrons. The van der Waals surface area contributed by atoms with Gasteiger partial charge < -0.3 is 13.9 Å². The van der Waals surface area contributed by atoms with Crippen LogP contribution in [0, 0.1) is 6.33 Å². The highest BCUT2D eigenvalue weighted by Gasteiger charge is 2.27. The molecule has 5 aromatic heterocycles. The van der Waals surface area contributed by atoms with Gasteiger partial charge >= 0.3 is 0 Å². The minimum atomic E-state index is 0.721. The average molecular weight is 837 g/mol. The van der Waals surface area contributed by atoms with Crippen LogP contribution in [0.2, 0.25) is 0 Å². The fourth-order valence-electron chi connectivity index (χ4n) is 10.3.